The third kappa shape index (κ3) is 2.51. The van der Waals surface area contributed by atoms with Gasteiger partial charge in [0.25, 0.3) is 5.91 Å². The van der Waals surface area contributed by atoms with Gasteiger partial charge in [-0.05, 0) is 11.6 Å². The number of hydrogen-bond donors (Lipinski definition) is 1. The summed E-state index contributed by atoms with van der Waals surface area (Å²) in [6, 6.07) is 7.70. The van der Waals surface area contributed by atoms with Crippen LogP contribution in [-0.4, -0.2) is 22.2 Å². The smallest absolute Gasteiger partial charge is 0.267 e. The van der Waals surface area contributed by atoms with E-state index in [1.807, 2.05) is 38.1 Å². The molecule has 0 bridgehead atoms. The summed E-state index contributed by atoms with van der Waals surface area (Å²) in [5.74, 6) is 0.922. The third-order valence-corrected chi connectivity index (χ3v) is 4.24. The van der Waals surface area contributed by atoms with Gasteiger partial charge >= 0.3 is 0 Å². The number of nitrogens with one attached hydrogen (secondary N) is 1. The second-order valence-corrected chi connectivity index (χ2v) is 6.02. The maximum atomic E-state index is 12.2. The summed E-state index contributed by atoms with van der Waals surface area (Å²) in [5.41, 5.74) is 1.06. The average Bonchev–Trinajstić information content (AvgIpc) is 3.04. The number of rotatable bonds is 3. The molecule has 0 fully saturated rings. The Labute approximate surface area is 121 Å². The van der Waals surface area contributed by atoms with Crippen LogP contribution in [0.15, 0.2) is 24.3 Å². The number of carbonyl (C=O) groups excluding carboxylic acids is 1. The first-order valence-electron chi connectivity index (χ1n) is 6.52. The van der Waals surface area contributed by atoms with Crippen molar-refractivity contribution in [2.45, 2.75) is 32.3 Å². The fourth-order valence-corrected chi connectivity index (χ4v) is 2.78. The molecule has 2 heterocycles. The monoisotopic (exact) mass is 289 g/mol. The molecule has 1 aliphatic rings. The molecule has 6 heteroatoms. The largest absolute Gasteiger partial charge is 0.480 e. The number of ether oxygens (including phenoxy) is 1. The SMILES string of the molecule is CC(C)c1nnc(NC(=O)[C@H]2Cc3ccccc3O2)s1. The zero-order valence-electron chi connectivity index (χ0n) is 11.3. The predicted molar refractivity (Wildman–Crippen MR) is 77.2 cm³/mol. The van der Waals surface area contributed by atoms with Crippen LogP contribution in [0.5, 0.6) is 5.75 Å². The molecule has 0 saturated carbocycles. The standard InChI is InChI=1S/C14H15N3O2S/c1-8(2)13-16-17-14(20-13)15-12(18)11-7-9-5-3-4-6-10(9)19-11/h3-6,8,11H,7H2,1-2H3,(H,15,17,18)/t11-/m1/s1. The first kappa shape index (κ1) is 13.1. The number of anilines is 1. The van der Waals surface area contributed by atoms with E-state index in [1.54, 1.807) is 0 Å². The molecule has 1 amide bonds. The Hall–Kier alpha value is -1.95. The Morgan fingerprint density at radius 2 is 2.20 bits per heavy atom. The number of carbonyl (C=O) groups is 1. The van der Waals surface area contributed by atoms with Crippen LogP contribution in [0.25, 0.3) is 0 Å². The molecule has 0 radical (unpaired) electrons. The number of fused-ring (bicyclic) bond motifs is 1. The van der Waals surface area contributed by atoms with Crippen LogP contribution >= 0.6 is 11.3 Å². The van der Waals surface area contributed by atoms with E-state index in [0.717, 1.165) is 16.3 Å². The van der Waals surface area contributed by atoms with Gasteiger partial charge < -0.3 is 4.74 Å². The lowest BCUT2D eigenvalue weighted by atomic mass is 10.1. The molecule has 5 nitrogen and oxygen atoms in total. The summed E-state index contributed by atoms with van der Waals surface area (Å²) in [6.07, 6.45) is 0.108. The number of para-hydroxylation sites is 1. The van der Waals surface area contributed by atoms with Crippen molar-refractivity contribution in [1.82, 2.24) is 10.2 Å². The van der Waals surface area contributed by atoms with Gasteiger partial charge in [-0.3, -0.25) is 10.1 Å². The first-order valence-corrected chi connectivity index (χ1v) is 7.34. The van der Waals surface area contributed by atoms with E-state index in [0.29, 0.717) is 17.5 Å². The quantitative estimate of drug-likeness (QED) is 0.943. The fraction of sp³-hybridized carbons (Fsp3) is 0.357. The van der Waals surface area contributed by atoms with E-state index in [-0.39, 0.29) is 5.91 Å². The van der Waals surface area contributed by atoms with Crippen molar-refractivity contribution in [3.05, 3.63) is 34.8 Å². The molecular formula is C14H15N3O2S. The van der Waals surface area contributed by atoms with Crippen molar-refractivity contribution < 1.29 is 9.53 Å². The summed E-state index contributed by atoms with van der Waals surface area (Å²) >= 11 is 1.40. The summed E-state index contributed by atoms with van der Waals surface area (Å²) in [6.45, 7) is 4.09. The third-order valence-electron chi connectivity index (χ3n) is 3.10. The van der Waals surface area contributed by atoms with E-state index < -0.39 is 6.10 Å². The van der Waals surface area contributed by atoms with Crippen molar-refractivity contribution in [2.75, 3.05) is 5.32 Å². The van der Waals surface area contributed by atoms with E-state index in [1.165, 1.54) is 11.3 Å². The summed E-state index contributed by atoms with van der Waals surface area (Å²) in [5, 5.41) is 12.2. The van der Waals surface area contributed by atoms with Gasteiger partial charge in [0, 0.05) is 12.3 Å². The zero-order chi connectivity index (χ0) is 14.1. The highest BCUT2D eigenvalue weighted by Crippen LogP contribution is 2.29. The Kier molecular flexibility index (Phi) is 3.40. The van der Waals surface area contributed by atoms with Crippen molar-refractivity contribution >= 4 is 22.4 Å². The number of nitrogens with zero attached hydrogens (tertiary/aromatic N) is 2. The van der Waals surface area contributed by atoms with E-state index in [4.69, 9.17) is 4.74 Å². The van der Waals surface area contributed by atoms with Crippen molar-refractivity contribution in [1.29, 1.82) is 0 Å². The molecule has 1 atom stereocenters. The minimum Gasteiger partial charge on any atom is -0.480 e. The van der Waals surface area contributed by atoms with Gasteiger partial charge in [0.2, 0.25) is 5.13 Å². The molecular weight excluding hydrogens is 274 g/mol. The molecule has 1 aromatic heterocycles. The number of amides is 1. The highest BCUT2D eigenvalue weighted by molar-refractivity contribution is 7.15. The number of aromatic nitrogens is 2. The van der Waals surface area contributed by atoms with Crippen LogP contribution in [-0.2, 0) is 11.2 Å². The second-order valence-electron chi connectivity index (χ2n) is 5.01. The molecule has 3 rings (SSSR count). The molecule has 104 valence electrons. The van der Waals surface area contributed by atoms with Gasteiger partial charge in [0.15, 0.2) is 6.10 Å². The molecule has 20 heavy (non-hydrogen) atoms. The molecule has 1 aromatic carbocycles. The maximum Gasteiger partial charge on any atom is 0.267 e. The lowest BCUT2D eigenvalue weighted by Gasteiger charge is -2.08. The Morgan fingerprint density at radius 3 is 2.90 bits per heavy atom. The van der Waals surface area contributed by atoms with Crippen LogP contribution in [0.4, 0.5) is 5.13 Å². The van der Waals surface area contributed by atoms with Crippen LogP contribution < -0.4 is 10.1 Å². The Balaban J connectivity index is 1.66. The van der Waals surface area contributed by atoms with Crippen molar-refractivity contribution in [3.63, 3.8) is 0 Å². The van der Waals surface area contributed by atoms with Gasteiger partial charge in [-0.15, -0.1) is 10.2 Å². The van der Waals surface area contributed by atoms with Crippen LogP contribution in [0.1, 0.15) is 30.3 Å². The summed E-state index contributed by atoms with van der Waals surface area (Å²) in [7, 11) is 0. The van der Waals surface area contributed by atoms with Crippen molar-refractivity contribution in [3.8, 4) is 5.75 Å². The van der Waals surface area contributed by atoms with Crippen LogP contribution in [0.3, 0.4) is 0 Å². The normalized spacial score (nSPS) is 16.9. The molecule has 1 N–H and O–H groups in total. The van der Waals surface area contributed by atoms with E-state index >= 15 is 0 Å². The number of benzene rings is 1. The van der Waals surface area contributed by atoms with Gasteiger partial charge in [-0.1, -0.05) is 43.4 Å². The molecule has 2 aromatic rings. The lowest BCUT2D eigenvalue weighted by Crippen LogP contribution is -2.31. The predicted octanol–water partition coefficient (Wildman–Crippen LogP) is 2.60. The maximum absolute atomic E-state index is 12.2. The number of hydrogen-bond acceptors (Lipinski definition) is 5. The summed E-state index contributed by atoms with van der Waals surface area (Å²) in [4.78, 5) is 12.2. The molecule has 1 aliphatic heterocycles. The topological polar surface area (TPSA) is 64.1 Å². The molecule has 0 saturated heterocycles. The molecule has 0 unspecified atom stereocenters. The van der Waals surface area contributed by atoms with Gasteiger partial charge in [0.1, 0.15) is 10.8 Å². The highest BCUT2D eigenvalue weighted by Gasteiger charge is 2.29. The van der Waals surface area contributed by atoms with Crippen LogP contribution in [0.2, 0.25) is 0 Å². The summed E-state index contributed by atoms with van der Waals surface area (Å²) < 4.78 is 5.64. The minimum atomic E-state index is -0.487. The zero-order valence-corrected chi connectivity index (χ0v) is 12.1. The fourth-order valence-electron chi connectivity index (χ4n) is 2.03. The first-order chi connectivity index (χ1) is 9.63. The molecule has 0 spiro atoms. The van der Waals surface area contributed by atoms with Gasteiger partial charge in [-0.2, -0.15) is 0 Å². The van der Waals surface area contributed by atoms with Gasteiger partial charge in [-0.25, -0.2) is 0 Å². The highest BCUT2D eigenvalue weighted by atomic mass is 32.1. The average molecular weight is 289 g/mol. The van der Waals surface area contributed by atoms with Crippen LogP contribution in [0, 0.1) is 0 Å². The minimum absolute atomic E-state index is 0.173. The second kappa shape index (κ2) is 5.20. The Morgan fingerprint density at radius 1 is 1.40 bits per heavy atom. The van der Waals surface area contributed by atoms with E-state index in [2.05, 4.69) is 15.5 Å². The van der Waals surface area contributed by atoms with E-state index in [9.17, 15) is 4.79 Å². The molecule has 0 aliphatic carbocycles. The van der Waals surface area contributed by atoms with Gasteiger partial charge in [0.05, 0.1) is 0 Å². The Bertz CT molecular complexity index is 614. The van der Waals surface area contributed by atoms with Crippen molar-refractivity contribution in [2.24, 2.45) is 0 Å². The lowest BCUT2D eigenvalue weighted by molar-refractivity contribution is -0.122.